The third-order valence-corrected chi connectivity index (χ3v) is 6.37. The van der Waals surface area contributed by atoms with E-state index in [-0.39, 0.29) is 17.4 Å². The van der Waals surface area contributed by atoms with Crippen molar-refractivity contribution < 1.29 is 19.4 Å². The maximum absolute atomic E-state index is 13.3. The summed E-state index contributed by atoms with van der Waals surface area (Å²) in [6, 6.07) is 21.4. The molecule has 0 aromatic heterocycles. The number of benzene rings is 3. The minimum absolute atomic E-state index is 0.0624. The van der Waals surface area contributed by atoms with Gasteiger partial charge in [-0.15, -0.1) is 0 Å². The molecule has 6 heteroatoms. The van der Waals surface area contributed by atoms with Crippen molar-refractivity contribution in [3.05, 3.63) is 95.1 Å². The highest BCUT2D eigenvalue weighted by Gasteiger charge is 2.47. The summed E-state index contributed by atoms with van der Waals surface area (Å²) in [5.74, 6) is -0.758. The Kier molecular flexibility index (Phi) is 5.36. The summed E-state index contributed by atoms with van der Waals surface area (Å²) < 4.78 is 5.77. The van der Waals surface area contributed by atoms with E-state index in [0.29, 0.717) is 11.3 Å². The molecule has 172 valence electrons. The van der Waals surface area contributed by atoms with Crippen molar-refractivity contribution in [2.45, 2.75) is 25.5 Å². The van der Waals surface area contributed by atoms with E-state index >= 15 is 0 Å². The molecule has 2 aliphatic heterocycles. The Morgan fingerprint density at radius 1 is 1.00 bits per heavy atom. The monoisotopic (exact) mass is 454 g/mol. The minimum Gasteiger partial charge on any atom is -0.507 e. The van der Waals surface area contributed by atoms with Gasteiger partial charge in [0.2, 0.25) is 0 Å². The van der Waals surface area contributed by atoms with Gasteiger partial charge < -0.3 is 14.7 Å². The van der Waals surface area contributed by atoms with Crippen LogP contribution in [0.5, 0.6) is 5.75 Å². The van der Waals surface area contributed by atoms with Crippen molar-refractivity contribution in [3.8, 4) is 5.75 Å². The van der Waals surface area contributed by atoms with Gasteiger partial charge in [0.25, 0.3) is 11.7 Å². The summed E-state index contributed by atoms with van der Waals surface area (Å²) in [7, 11) is 3.88. The van der Waals surface area contributed by atoms with Crippen LogP contribution in [0.15, 0.2) is 78.4 Å². The summed E-state index contributed by atoms with van der Waals surface area (Å²) in [5.41, 5.74) is 3.88. The highest BCUT2D eigenvalue weighted by atomic mass is 16.5. The number of fused-ring (bicyclic) bond motifs is 1. The van der Waals surface area contributed by atoms with E-state index in [0.717, 1.165) is 29.0 Å². The number of aliphatic hydroxyl groups is 1. The fourth-order valence-corrected chi connectivity index (χ4v) is 4.69. The van der Waals surface area contributed by atoms with Crippen LogP contribution < -0.4 is 14.5 Å². The van der Waals surface area contributed by atoms with E-state index in [1.807, 2.05) is 92.6 Å². The third kappa shape index (κ3) is 3.61. The second kappa shape index (κ2) is 8.37. The molecule has 0 spiro atoms. The Labute approximate surface area is 198 Å². The molecule has 3 aromatic carbocycles. The molecule has 2 atom stereocenters. The number of hydrogen-bond acceptors (Lipinski definition) is 5. The number of nitrogens with zero attached hydrogens (tertiary/aromatic N) is 2. The zero-order valence-electron chi connectivity index (χ0n) is 19.4. The zero-order valence-corrected chi connectivity index (χ0v) is 19.4. The normalized spacial score (nSPS) is 20.9. The molecule has 6 nitrogen and oxygen atoms in total. The average molecular weight is 455 g/mol. The van der Waals surface area contributed by atoms with Gasteiger partial charge in [0.1, 0.15) is 17.6 Å². The number of carbonyl (C=O) groups excluding carboxylic acids is 2. The molecule has 34 heavy (non-hydrogen) atoms. The Morgan fingerprint density at radius 3 is 2.38 bits per heavy atom. The third-order valence-electron chi connectivity index (χ3n) is 6.37. The maximum atomic E-state index is 13.3. The lowest BCUT2D eigenvalue weighted by molar-refractivity contribution is -0.132. The molecule has 3 aromatic rings. The number of Topliss-reactive ketones (excluding diaryl/α,β-unsaturated/α-hetero) is 1. The van der Waals surface area contributed by atoms with Crippen LogP contribution in [0.1, 0.15) is 29.7 Å². The summed E-state index contributed by atoms with van der Waals surface area (Å²) in [5, 5.41) is 11.4. The van der Waals surface area contributed by atoms with Gasteiger partial charge in [-0.25, -0.2) is 0 Å². The zero-order chi connectivity index (χ0) is 24.0. The molecule has 1 saturated heterocycles. The van der Waals surface area contributed by atoms with Gasteiger partial charge in [0, 0.05) is 37.5 Å². The van der Waals surface area contributed by atoms with Crippen LogP contribution >= 0.6 is 0 Å². The molecule has 1 N–H and O–H groups in total. The number of amides is 1. The van der Waals surface area contributed by atoms with Crippen LogP contribution in [0.2, 0.25) is 0 Å². The largest absolute Gasteiger partial charge is 0.507 e. The number of anilines is 2. The Hall–Kier alpha value is -4.06. The summed E-state index contributed by atoms with van der Waals surface area (Å²) in [6.07, 6.45) is 0.790. The van der Waals surface area contributed by atoms with Crippen LogP contribution in [-0.2, 0) is 16.0 Å². The first-order valence-corrected chi connectivity index (χ1v) is 11.3. The average Bonchev–Trinajstić information content (AvgIpc) is 3.34. The summed E-state index contributed by atoms with van der Waals surface area (Å²) in [4.78, 5) is 30.0. The van der Waals surface area contributed by atoms with Crippen LogP contribution in [0.4, 0.5) is 11.4 Å². The molecule has 2 aliphatic rings. The molecule has 1 fully saturated rings. The first-order valence-electron chi connectivity index (χ1n) is 11.3. The smallest absolute Gasteiger partial charge is 0.300 e. The van der Waals surface area contributed by atoms with Crippen molar-refractivity contribution in [1.29, 1.82) is 0 Å². The van der Waals surface area contributed by atoms with Crippen molar-refractivity contribution >= 4 is 28.8 Å². The second-order valence-corrected chi connectivity index (χ2v) is 8.95. The van der Waals surface area contributed by atoms with Crippen molar-refractivity contribution in [3.63, 3.8) is 0 Å². The fourth-order valence-electron chi connectivity index (χ4n) is 4.69. The van der Waals surface area contributed by atoms with Gasteiger partial charge in [-0.05, 0) is 60.5 Å². The highest BCUT2D eigenvalue weighted by Crippen LogP contribution is 2.43. The molecule has 0 saturated carbocycles. The highest BCUT2D eigenvalue weighted by molar-refractivity contribution is 6.51. The number of rotatable bonds is 4. The number of ether oxygens (including phenoxy) is 1. The minimum atomic E-state index is -0.741. The lowest BCUT2D eigenvalue weighted by Crippen LogP contribution is -2.29. The first kappa shape index (κ1) is 21.8. The van der Waals surface area contributed by atoms with Crippen LogP contribution in [0.25, 0.3) is 5.76 Å². The predicted molar refractivity (Wildman–Crippen MR) is 132 cm³/mol. The van der Waals surface area contributed by atoms with E-state index in [9.17, 15) is 14.7 Å². The quantitative estimate of drug-likeness (QED) is 0.352. The second-order valence-electron chi connectivity index (χ2n) is 8.95. The van der Waals surface area contributed by atoms with E-state index in [1.165, 1.54) is 4.90 Å². The van der Waals surface area contributed by atoms with Gasteiger partial charge in [-0.2, -0.15) is 0 Å². The molecule has 0 radical (unpaired) electrons. The van der Waals surface area contributed by atoms with E-state index < -0.39 is 17.7 Å². The molecule has 2 unspecified atom stereocenters. The number of aliphatic hydroxyl groups excluding tert-OH is 1. The fraction of sp³-hybridized carbons (Fsp3) is 0.214. The van der Waals surface area contributed by atoms with Gasteiger partial charge in [0.15, 0.2) is 0 Å². The van der Waals surface area contributed by atoms with Gasteiger partial charge >= 0.3 is 0 Å². The standard InChI is InChI=1S/C28H26N2O4/c1-17-15-20-16-19(9-14-23(20)34-17)26(31)24-25(18-7-5-4-6-8-18)30(28(33)27(24)32)22-12-10-21(11-13-22)29(2)3/h4-14,16-17,25,31H,15H2,1-3H3/b26-24-. The number of carbonyl (C=O) groups is 2. The SMILES string of the molecule is CC1Cc2cc(/C(O)=C3/C(=O)C(=O)N(c4ccc(N(C)C)cc4)C3c3ccccc3)ccc2O1. The Balaban J connectivity index is 1.65. The van der Waals surface area contributed by atoms with Gasteiger partial charge in [-0.3, -0.25) is 14.5 Å². The van der Waals surface area contributed by atoms with Crippen LogP contribution in [0.3, 0.4) is 0 Å². The van der Waals surface area contributed by atoms with Crippen LogP contribution in [0, 0.1) is 0 Å². The Morgan fingerprint density at radius 2 is 1.71 bits per heavy atom. The molecule has 5 rings (SSSR count). The summed E-state index contributed by atoms with van der Waals surface area (Å²) >= 11 is 0. The first-order chi connectivity index (χ1) is 16.3. The van der Waals surface area contributed by atoms with E-state index in [4.69, 9.17) is 4.74 Å². The van der Waals surface area contributed by atoms with Crippen LogP contribution in [-0.4, -0.2) is 37.0 Å². The number of ketones is 1. The summed E-state index contributed by atoms with van der Waals surface area (Å²) in [6.45, 7) is 1.99. The lowest BCUT2D eigenvalue weighted by atomic mass is 9.94. The van der Waals surface area contributed by atoms with Crippen molar-refractivity contribution in [2.75, 3.05) is 23.9 Å². The maximum Gasteiger partial charge on any atom is 0.300 e. The molecule has 0 aliphatic carbocycles. The molecule has 0 bridgehead atoms. The van der Waals surface area contributed by atoms with Gasteiger partial charge in [0.05, 0.1) is 11.6 Å². The topological polar surface area (TPSA) is 70.1 Å². The van der Waals surface area contributed by atoms with Crippen molar-refractivity contribution in [2.24, 2.45) is 0 Å². The molecular weight excluding hydrogens is 428 g/mol. The van der Waals surface area contributed by atoms with Crippen molar-refractivity contribution in [1.82, 2.24) is 0 Å². The van der Waals surface area contributed by atoms with Gasteiger partial charge in [-0.1, -0.05) is 30.3 Å². The molecular formula is C28H26N2O4. The number of hydrogen-bond donors (Lipinski definition) is 1. The van der Waals surface area contributed by atoms with E-state index in [2.05, 4.69) is 0 Å². The molecule has 2 heterocycles. The predicted octanol–water partition coefficient (Wildman–Crippen LogP) is 4.70. The Bertz CT molecular complexity index is 1300. The lowest BCUT2D eigenvalue weighted by Gasteiger charge is -2.26. The molecule has 1 amide bonds. The van der Waals surface area contributed by atoms with E-state index in [1.54, 1.807) is 6.07 Å².